The third-order valence-electron chi connectivity index (χ3n) is 5.99. The van der Waals surface area contributed by atoms with Crippen LogP contribution in [0.25, 0.3) is 10.4 Å². The lowest BCUT2D eigenvalue weighted by molar-refractivity contribution is 0.0375. The summed E-state index contributed by atoms with van der Waals surface area (Å²) < 4.78 is 23.5. The van der Waals surface area contributed by atoms with Crippen LogP contribution in [0.2, 0.25) is 0 Å². The van der Waals surface area contributed by atoms with Gasteiger partial charge < -0.3 is 26.4 Å². The Balaban J connectivity index is 1.34. The standard InChI is InChI=1S/C26H30FN7O4S/c1-16-3-8-19(27)20(15-16)31-26(37)30-18-6-4-17(5-7-18)22-21(23(28)35)24(33-39-22)32-25(36)29-9-2-10-34-11-13-38-14-12-34/h3-8,15H,2,9-14H2,1H3,(H2,28,35)(H2,30,31,37)(H2,29,32,33,36). The van der Waals surface area contributed by atoms with E-state index in [1.165, 1.54) is 12.1 Å². The first-order valence-corrected chi connectivity index (χ1v) is 13.2. The zero-order valence-corrected chi connectivity index (χ0v) is 22.2. The highest BCUT2D eigenvalue weighted by Gasteiger charge is 2.22. The van der Waals surface area contributed by atoms with Crippen molar-refractivity contribution in [2.24, 2.45) is 5.73 Å². The second-order valence-corrected chi connectivity index (χ2v) is 9.70. The summed E-state index contributed by atoms with van der Waals surface area (Å²) in [4.78, 5) is 39.7. The molecule has 1 aliphatic rings. The number of nitrogens with two attached hydrogens (primary N) is 1. The number of hydrogen-bond acceptors (Lipinski definition) is 7. The molecule has 1 saturated heterocycles. The van der Waals surface area contributed by atoms with Crippen molar-refractivity contribution in [1.82, 2.24) is 14.6 Å². The molecule has 6 N–H and O–H groups in total. The summed E-state index contributed by atoms with van der Waals surface area (Å²) >= 11 is 1.02. The van der Waals surface area contributed by atoms with Crippen LogP contribution in [-0.4, -0.2) is 66.6 Å². The number of carbonyl (C=O) groups excluding carboxylic acids is 3. The fraction of sp³-hybridized carbons (Fsp3) is 0.308. The normalized spacial score (nSPS) is 13.5. The molecule has 13 heteroatoms. The van der Waals surface area contributed by atoms with Crippen LogP contribution in [0.3, 0.4) is 0 Å². The molecule has 0 saturated carbocycles. The molecule has 39 heavy (non-hydrogen) atoms. The van der Waals surface area contributed by atoms with Crippen molar-refractivity contribution in [2.75, 3.05) is 55.3 Å². The smallest absolute Gasteiger partial charge is 0.323 e. The van der Waals surface area contributed by atoms with Gasteiger partial charge in [0.05, 0.1) is 23.8 Å². The van der Waals surface area contributed by atoms with Crippen molar-refractivity contribution < 1.29 is 23.5 Å². The highest BCUT2D eigenvalue weighted by atomic mass is 32.1. The van der Waals surface area contributed by atoms with E-state index >= 15 is 0 Å². The molecule has 2 aromatic carbocycles. The van der Waals surface area contributed by atoms with Crippen molar-refractivity contribution in [3.05, 3.63) is 59.4 Å². The van der Waals surface area contributed by atoms with Gasteiger partial charge in [-0.15, -0.1) is 0 Å². The first kappa shape index (κ1) is 28.0. The van der Waals surface area contributed by atoms with Gasteiger partial charge in [-0.2, -0.15) is 4.37 Å². The van der Waals surface area contributed by atoms with Crippen LogP contribution in [-0.2, 0) is 4.74 Å². The van der Waals surface area contributed by atoms with Gasteiger partial charge in [0, 0.05) is 25.3 Å². The molecule has 11 nitrogen and oxygen atoms in total. The number of hydrogen-bond donors (Lipinski definition) is 5. The van der Waals surface area contributed by atoms with Crippen LogP contribution < -0.4 is 27.0 Å². The van der Waals surface area contributed by atoms with Crippen LogP contribution in [0.4, 0.5) is 31.2 Å². The van der Waals surface area contributed by atoms with Crippen molar-refractivity contribution >= 4 is 46.7 Å². The molecule has 2 heterocycles. The van der Waals surface area contributed by atoms with Crippen LogP contribution in [0.15, 0.2) is 42.5 Å². The summed E-state index contributed by atoms with van der Waals surface area (Å²) in [5.74, 6) is -1.19. The maximum atomic E-state index is 13.9. The van der Waals surface area contributed by atoms with Gasteiger partial charge in [0.25, 0.3) is 5.91 Å². The molecule has 0 atom stereocenters. The van der Waals surface area contributed by atoms with Gasteiger partial charge in [0.1, 0.15) is 11.4 Å². The number of rotatable bonds is 9. The Labute approximate surface area is 229 Å². The first-order chi connectivity index (χ1) is 18.8. The number of urea groups is 2. The van der Waals surface area contributed by atoms with Crippen LogP contribution in [0.1, 0.15) is 22.3 Å². The Hall–Kier alpha value is -4.07. The van der Waals surface area contributed by atoms with Gasteiger partial charge >= 0.3 is 12.1 Å². The summed E-state index contributed by atoms with van der Waals surface area (Å²) in [6.45, 7) is 6.32. The van der Waals surface area contributed by atoms with Crippen molar-refractivity contribution in [1.29, 1.82) is 0 Å². The summed E-state index contributed by atoms with van der Waals surface area (Å²) in [7, 11) is 0. The summed E-state index contributed by atoms with van der Waals surface area (Å²) in [6, 6.07) is 9.95. The number of carbonyl (C=O) groups is 3. The zero-order chi connectivity index (χ0) is 27.8. The molecular weight excluding hydrogens is 525 g/mol. The SMILES string of the molecule is Cc1ccc(F)c(NC(=O)Nc2ccc(-c3snc(NC(=O)NCCCN4CCOCC4)c3C(N)=O)cc2)c1. The number of halogens is 1. The summed E-state index contributed by atoms with van der Waals surface area (Å²) in [5.41, 5.74) is 7.65. The van der Waals surface area contributed by atoms with Crippen molar-refractivity contribution in [2.45, 2.75) is 13.3 Å². The minimum absolute atomic E-state index is 0.0704. The van der Waals surface area contributed by atoms with Crippen molar-refractivity contribution in [3.8, 4) is 10.4 Å². The molecule has 0 aliphatic carbocycles. The lowest BCUT2D eigenvalue weighted by Gasteiger charge is -2.26. The van der Waals surface area contributed by atoms with Crippen molar-refractivity contribution in [3.63, 3.8) is 0 Å². The van der Waals surface area contributed by atoms with Crippen LogP contribution >= 0.6 is 11.5 Å². The number of amides is 5. The molecule has 0 bridgehead atoms. The second-order valence-electron chi connectivity index (χ2n) is 8.93. The Bertz CT molecular complexity index is 1330. The summed E-state index contributed by atoms with van der Waals surface area (Å²) in [5, 5.41) is 10.5. The van der Waals surface area contributed by atoms with Gasteiger partial charge in [-0.1, -0.05) is 18.2 Å². The second kappa shape index (κ2) is 13.1. The van der Waals surface area contributed by atoms with Gasteiger partial charge in [-0.3, -0.25) is 15.0 Å². The van der Waals surface area contributed by atoms with Gasteiger partial charge in [0.15, 0.2) is 5.82 Å². The van der Waals surface area contributed by atoms with E-state index in [0.29, 0.717) is 22.7 Å². The number of morpholine rings is 1. The third kappa shape index (κ3) is 7.72. The number of primary amides is 1. The largest absolute Gasteiger partial charge is 0.379 e. The Kier molecular flexibility index (Phi) is 9.41. The van der Waals surface area contributed by atoms with E-state index in [1.54, 1.807) is 37.3 Å². The van der Waals surface area contributed by atoms with E-state index in [4.69, 9.17) is 10.5 Å². The number of aromatic nitrogens is 1. The third-order valence-corrected chi connectivity index (χ3v) is 6.88. The predicted molar refractivity (Wildman–Crippen MR) is 149 cm³/mol. The molecule has 1 fully saturated rings. The fourth-order valence-corrected chi connectivity index (χ4v) is 4.86. The molecule has 0 unspecified atom stereocenters. The van der Waals surface area contributed by atoms with E-state index in [-0.39, 0.29) is 17.1 Å². The minimum atomic E-state index is -0.733. The van der Waals surface area contributed by atoms with E-state index < -0.39 is 23.8 Å². The van der Waals surface area contributed by atoms with Crippen LogP contribution in [0, 0.1) is 12.7 Å². The van der Waals surface area contributed by atoms with Gasteiger partial charge in [-0.25, -0.2) is 14.0 Å². The Morgan fingerprint density at radius 2 is 1.79 bits per heavy atom. The average molecular weight is 556 g/mol. The Morgan fingerprint density at radius 1 is 1.05 bits per heavy atom. The highest BCUT2D eigenvalue weighted by Crippen LogP contribution is 2.33. The number of nitrogens with one attached hydrogen (secondary N) is 4. The molecule has 5 amide bonds. The maximum absolute atomic E-state index is 13.9. The molecule has 1 aromatic heterocycles. The summed E-state index contributed by atoms with van der Waals surface area (Å²) in [6.07, 6.45) is 0.775. The molecule has 1 aliphatic heterocycles. The molecule has 206 valence electrons. The Morgan fingerprint density at radius 3 is 2.51 bits per heavy atom. The first-order valence-electron chi connectivity index (χ1n) is 12.4. The van der Waals surface area contributed by atoms with E-state index in [0.717, 1.165) is 56.4 Å². The van der Waals surface area contributed by atoms with E-state index in [2.05, 4.69) is 30.5 Å². The molecule has 0 radical (unpaired) electrons. The molecule has 3 aromatic rings. The van der Waals surface area contributed by atoms with Gasteiger partial charge in [-0.05, 0) is 66.8 Å². The molecule has 0 spiro atoms. The highest BCUT2D eigenvalue weighted by molar-refractivity contribution is 7.10. The van der Waals surface area contributed by atoms with E-state index in [1.807, 2.05) is 0 Å². The van der Waals surface area contributed by atoms with Crippen LogP contribution in [0.5, 0.6) is 0 Å². The minimum Gasteiger partial charge on any atom is -0.379 e. The molecule has 4 rings (SSSR count). The number of aryl methyl sites for hydroxylation is 1. The lowest BCUT2D eigenvalue weighted by atomic mass is 10.1. The van der Waals surface area contributed by atoms with Gasteiger partial charge in [0.2, 0.25) is 0 Å². The maximum Gasteiger partial charge on any atom is 0.323 e. The number of nitrogens with zero attached hydrogens (tertiary/aromatic N) is 2. The fourth-order valence-electron chi connectivity index (χ4n) is 4.01. The monoisotopic (exact) mass is 555 g/mol. The molecular formula is C26H30FN7O4S. The predicted octanol–water partition coefficient (Wildman–Crippen LogP) is 3.84. The number of ether oxygens (including phenoxy) is 1. The lowest BCUT2D eigenvalue weighted by Crippen LogP contribution is -2.38. The number of benzene rings is 2. The van der Waals surface area contributed by atoms with E-state index in [9.17, 15) is 18.8 Å². The topological polar surface area (TPSA) is 151 Å². The quantitative estimate of drug-likeness (QED) is 0.253. The zero-order valence-electron chi connectivity index (χ0n) is 21.4. The number of anilines is 3. The average Bonchev–Trinajstić information content (AvgIpc) is 3.33.